The third-order valence-corrected chi connectivity index (χ3v) is 7.11. The van der Waals surface area contributed by atoms with E-state index in [2.05, 4.69) is 24.0 Å². The van der Waals surface area contributed by atoms with Crippen LogP contribution in [-0.4, -0.2) is 43.8 Å². The molecule has 0 spiro atoms. The Balaban J connectivity index is 1.72. The van der Waals surface area contributed by atoms with Crippen molar-refractivity contribution in [2.75, 3.05) is 26.2 Å². The van der Waals surface area contributed by atoms with Crippen molar-refractivity contribution in [1.82, 2.24) is 9.21 Å². The summed E-state index contributed by atoms with van der Waals surface area (Å²) in [5.74, 6) is 0. The standard InChI is InChI=1S/C20H26N2O2S/c1-16-9-10-17(2)20(15-16)25(23,24)22-13-11-21(12-14-22)18(3)19-7-5-4-6-8-19/h4-10,15,18H,11-14H2,1-3H3. The van der Waals surface area contributed by atoms with Crippen molar-refractivity contribution >= 4 is 10.0 Å². The topological polar surface area (TPSA) is 40.6 Å². The van der Waals surface area contributed by atoms with E-state index in [0.717, 1.165) is 24.2 Å². The Bertz CT molecular complexity index is 826. The lowest BCUT2D eigenvalue weighted by atomic mass is 10.1. The Kier molecular flexibility index (Phi) is 5.27. The minimum absolute atomic E-state index is 0.298. The van der Waals surface area contributed by atoms with Crippen LogP contribution < -0.4 is 0 Å². The molecule has 1 heterocycles. The fourth-order valence-corrected chi connectivity index (χ4v) is 5.13. The van der Waals surface area contributed by atoms with Gasteiger partial charge in [0.25, 0.3) is 0 Å². The zero-order valence-electron chi connectivity index (χ0n) is 15.1. The molecule has 0 radical (unpaired) electrons. The largest absolute Gasteiger partial charge is 0.294 e. The fourth-order valence-electron chi connectivity index (χ4n) is 3.40. The van der Waals surface area contributed by atoms with Crippen LogP contribution in [-0.2, 0) is 10.0 Å². The molecule has 5 heteroatoms. The molecule has 1 aliphatic rings. The van der Waals surface area contributed by atoms with E-state index < -0.39 is 10.0 Å². The first-order valence-corrected chi connectivity index (χ1v) is 10.2. The summed E-state index contributed by atoms with van der Waals surface area (Å²) in [6.07, 6.45) is 0. The molecule has 1 aliphatic heterocycles. The van der Waals surface area contributed by atoms with Crippen molar-refractivity contribution in [3.05, 3.63) is 65.2 Å². The highest BCUT2D eigenvalue weighted by Crippen LogP contribution is 2.25. The van der Waals surface area contributed by atoms with Crippen molar-refractivity contribution in [3.8, 4) is 0 Å². The molecular formula is C20H26N2O2S. The van der Waals surface area contributed by atoms with E-state index in [9.17, 15) is 8.42 Å². The summed E-state index contributed by atoms with van der Waals surface area (Å²) in [7, 11) is -3.42. The number of piperazine rings is 1. The highest BCUT2D eigenvalue weighted by molar-refractivity contribution is 7.89. The molecule has 1 saturated heterocycles. The van der Waals surface area contributed by atoms with Crippen LogP contribution >= 0.6 is 0 Å². The van der Waals surface area contributed by atoms with E-state index in [1.165, 1.54) is 5.56 Å². The third kappa shape index (κ3) is 3.78. The van der Waals surface area contributed by atoms with Gasteiger partial charge in [0.15, 0.2) is 0 Å². The van der Waals surface area contributed by atoms with Crippen molar-refractivity contribution in [2.45, 2.75) is 31.7 Å². The van der Waals surface area contributed by atoms with Gasteiger partial charge in [0.1, 0.15) is 0 Å². The Hall–Kier alpha value is -1.69. The number of hydrogen-bond donors (Lipinski definition) is 0. The minimum atomic E-state index is -3.42. The average molecular weight is 359 g/mol. The van der Waals surface area contributed by atoms with Crippen LogP contribution in [0.5, 0.6) is 0 Å². The fraction of sp³-hybridized carbons (Fsp3) is 0.400. The van der Waals surface area contributed by atoms with Gasteiger partial charge in [0, 0.05) is 32.2 Å². The number of hydrogen-bond acceptors (Lipinski definition) is 3. The zero-order chi connectivity index (χ0) is 18.0. The summed E-state index contributed by atoms with van der Waals surface area (Å²) >= 11 is 0. The maximum Gasteiger partial charge on any atom is 0.243 e. The van der Waals surface area contributed by atoms with Crippen molar-refractivity contribution < 1.29 is 8.42 Å². The first-order valence-electron chi connectivity index (χ1n) is 8.76. The van der Waals surface area contributed by atoms with Gasteiger partial charge in [0.2, 0.25) is 10.0 Å². The second-order valence-corrected chi connectivity index (χ2v) is 8.70. The number of nitrogens with zero attached hydrogens (tertiary/aromatic N) is 2. The quantitative estimate of drug-likeness (QED) is 0.841. The molecule has 0 aromatic heterocycles. The molecule has 0 saturated carbocycles. The average Bonchev–Trinajstić information content (AvgIpc) is 2.64. The second kappa shape index (κ2) is 7.28. The van der Waals surface area contributed by atoms with E-state index in [0.29, 0.717) is 24.0 Å². The van der Waals surface area contributed by atoms with Gasteiger partial charge in [-0.1, -0.05) is 42.5 Å². The molecule has 25 heavy (non-hydrogen) atoms. The predicted octanol–water partition coefficient (Wildman–Crippen LogP) is 3.37. The van der Waals surface area contributed by atoms with E-state index in [1.807, 2.05) is 44.2 Å². The van der Waals surface area contributed by atoms with Gasteiger partial charge < -0.3 is 0 Å². The summed E-state index contributed by atoms with van der Waals surface area (Å²) in [6, 6.07) is 16.3. The third-order valence-electron chi connectivity index (χ3n) is 5.06. The number of sulfonamides is 1. The molecule has 1 fully saturated rings. The molecule has 3 rings (SSSR count). The van der Waals surface area contributed by atoms with Crippen LogP contribution in [0.3, 0.4) is 0 Å². The highest BCUT2D eigenvalue weighted by Gasteiger charge is 2.31. The first kappa shape index (κ1) is 18.1. The van der Waals surface area contributed by atoms with Gasteiger partial charge in [-0.15, -0.1) is 0 Å². The van der Waals surface area contributed by atoms with Crippen LogP contribution in [0, 0.1) is 13.8 Å². The molecule has 0 bridgehead atoms. The predicted molar refractivity (Wildman–Crippen MR) is 101 cm³/mol. The molecule has 0 amide bonds. The molecule has 1 atom stereocenters. The lowest BCUT2D eigenvalue weighted by molar-refractivity contribution is 0.146. The van der Waals surface area contributed by atoms with Crippen LogP contribution in [0.1, 0.15) is 29.7 Å². The van der Waals surface area contributed by atoms with E-state index >= 15 is 0 Å². The Labute approximate surface area is 151 Å². The first-order chi connectivity index (χ1) is 11.9. The van der Waals surface area contributed by atoms with Crippen LogP contribution in [0.15, 0.2) is 53.4 Å². The van der Waals surface area contributed by atoms with Gasteiger partial charge in [-0.3, -0.25) is 4.90 Å². The molecule has 2 aromatic carbocycles. The maximum absolute atomic E-state index is 13.0. The normalized spacial score (nSPS) is 18.2. The Morgan fingerprint density at radius 3 is 2.20 bits per heavy atom. The SMILES string of the molecule is Cc1ccc(C)c(S(=O)(=O)N2CCN(C(C)c3ccccc3)CC2)c1. The van der Waals surface area contributed by atoms with Crippen molar-refractivity contribution in [3.63, 3.8) is 0 Å². The Morgan fingerprint density at radius 2 is 1.56 bits per heavy atom. The molecule has 2 aromatic rings. The lowest BCUT2D eigenvalue weighted by Crippen LogP contribution is -2.49. The van der Waals surface area contributed by atoms with Crippen molar-refractivity contribution in [1.29, 1.82) is 0 Å². The number of rotatable bonds is 4. The van der Waals surface area contributed by atoms with E-state index in [-0.39, 0.29) is 0 Å². The maximum atomic E-state index is 13.0. The van der Waals surface area contributed by atoms with E-state index in [4.69, 9.17) is 0 Å². The van der Waals surface area contributed by atoms with Gasteiger partial charge in [-0.2, -0.15) is 4.31 Å². The lowest BCUT2D eigenvalue weighted by Gasteiger charge is -2.37. The molecule has 0 aliphatic carbocycles. The summed E-state index contributed by atoms with van der Waals surface area (Å²) < 4.78 is 27.7. The van der Waals surface area contributed by atoms with Gasteiger partial charge in [-0.05, 0) is 43.5 Å². The summed E-state index contributed by atoms with van der Waals surface area (Å²) in [6.45, 7) is 8.54. The van der Waals surface area contributed by atoms with Gasteiger partial charge in [0.05, 0.1) is 4.90 Å². The summed E-state index contributed by atoms with van der Waals surface area (Å²) in [5, 5.41) is 0. The monoisotopic (exact) mass is 358 g/mol. The van der Waals surface area contributed by atoms with Crippen LogP contribution in [0.4, 0.5) is 0 Å². The number of aryl methyl sites for hydroxylation is 2. The van der Waals surface area contributed by atoms with Gasteiger partial charge >= 0.3 is 0 Å². The molecular weight excluding hydrogens is 332 g/mol. The second-order valence-electron chi connectivity index (χ2n) is 6.80. The molecule has 134 valence electrons. The van der Waals surface area contributed by atoms with Crippen LogP contribution in [0.2, 0.25) is 0 Å². The van der Waals surface area contributed by atoms with Crippen molar-refractivity contribution in [2.24, 2.45) is 0 Å². The number of benzene rings is 2. The minimum Gasteiger partial charge on any atom is -0.294 e. The molecule has 4 nitrogen and oxygen atoms in total. The summed E-state index contributed by atoms with van der Waals surface area (Å²) in [4.78, 5) is 2.79. The molecule has 0 N–H and O–H groups in total. The zero-order valence-corrected chi connectivity index (χ0v) is 16.0. The highest BCUT2D eigenvalue weighted by atomic mass is 32.2. The van der Waals surface area contributed by atoms with Gasteiger partial charge in [-0.25, -0.2) is 8.42 Å². The summed E-state index contributed by atoms with van der Waals surface area (Å²) in [5.41, 5.74) is 3.06. The van der Waals surface area contributed by atoms with Crippen LogP contribution in [0.25, 0.3) is 0 Å². The molecule has 1 unspecified atom stereocenters. The Morgan fingerprint density at radius 1 is 0.920 bits per heavy atom. The smallest absolute Gasteiger partial charge is 0.243 e. The van der Waals surface area contributed by atoms with E-state index in [1.54, 1.807) is 10.4 Å².